The fourth-order valence-electron chi connectivity index (χ4n) is 3.11. The zero-order valence-electron chi connectivity index (χ0n) is 17.9. The van der Waals surface area contributed by atoms with E-state index in [2.05, 4.69) is 27.7 Å². The second-order valence-electron chi connectivity index (χ2n) is 7.81. The van der Waals surface area contributed by atoms with E-state index in [0.717, 1.165) is 0 Å². The van der Waals surface area contributed by atoms with Crippen molar-refractivity contribution in [3.05, 3.63) is 23.7 Å². The van der Waals surface area contributed by atoms with Gasteiger partial charge < -0.3 is 4.74 Å². The lowest BCUT2D eigenvalue weighted by Gasteiger charge is -2.04. The van der Waals surface area contributed by atoms with E-state index in [1.165, 1.54) is 114 Å². The van der Waals surface area contributed by atoms with Gasteiger partial charge in [0.1, 0.15) is 0 Å². The maximum atomic E-state index is 5.65. The third-order valence-corrected chi connectivity index (χ3v) is 4.89. The van der Waals surface area contributed by atoms with Crippen LogP contribution in [0.4, 0.5) is 0 Å². The van der Waals surface area contributed by atoms with Crippen LogP contribution in [-0.4, -0.2) is 0 Å². The molecule has 0 N–H and O–H groups in total. The SMILES string of the molecule is CCCCCCCCCC(C)=COC=C(C)CCCCCCCCC. The molecule has 0 aromatic rings. The molecule has 0 atom stereocenters. The molecule has 148 valence electrons. The highest BCUT2D eigenvalue weighted by Crippen LogP contribution is 2.14. The second kappa shape index (κ2) is 19.6. The first kappa shape index (κ1) is 24.3. The van der Waals surface area contributed by atoms with Crippen molar-refractivity contribution < 1.29 is 4.74 Å². The number of hydrogen-bond donors (Lipinski definition) is 0. The Morgan fingerprint density at radius 3 is 1.20 bits per heavy atom. The first-order chi connectivity index (χ1) is 12.2. The van der Waals surface area contributed by atoms with Gasteiger partial charge in [-0.1, -0.05) is 90.9 Å². The standard InChI is InChI=1S/C24H46O/c1-5-7-9-11-13-15-17-19-23(3)21-25-22-24(4)20-18-16-14-12-10-8-6-2/h21-22H,5-20H2,1-4H3. The average molecular weight is 351 g/mol. The van der Waals surface area contributed by atoms with Crippen LogP contribution >= 0.6 is 0 Å². The van der Waals surface area contributed by atoms with Gasteiger partial charge in [0.2, 0.25) is 0 Å². The summed E-state index contributed by atoms with van der Waals surface area (Å²) < 4.78 is 5.65. The highest BCUT2D eigenvalue weighted by atomic mass is 16.5. The molecule has 0 rings (SSSR count). The molecule has 0 aromatic carbocycles. The molecule has 0 radical (unpaired) electrons. The van der Waals surface area contributed by atoms with Crippen LogP contribution < -0.4 is 0 Å². The van der Waals surface area contributed by atoms with Crippen molar-refractivity contribution in [1.82, 2.24) is 0 Å². The van der Waals surface area contributed by atoms with Crippen molar-refractivity contribution in [2.45, 2.75) is 130 Å². The lowest BCUT2D eigenvalue weighted by molar-refractivity contribution is 0.388. The second-order valence-corrected chi connectivity index (χ2v) is 7.81. The normalized spacial score (nSPS) is 12.6. The fourth-order valence-corrected chi connectivity index (χ4v) is 3.11. The lowest BCUT2D eigenvalue weighted by atomic mass is 10.1. The molecule has 0 saturated carbocycles. The molecule has 0 fully saturated rings. The molecule has 0 spiro atoms. The predicted octanol–water partition coefficient (Wildman–Crippen LogP) is 9.09. The minimum absolute atomic E-state index is 1.18. The highest BCUT2D eigenvalue weighted by Gasteiger charge is 1.95. The highest BCUT2D eigenvalue weighted by molar-refractivity contribution is 4.97. The quantitative estimate of drug-likeness (QED) is 0.177. The van der Waals surface area contributed by atoms with E-state index < -0.39 is 0 Å². The van der Waals surface area contributed by atoms with Crippen LogP contribution in [0.2, 0.25) is 0 Å². The van der Waals surface area contributed by atoms with Crippen LogP contribution in [0.5, 0.6) is 0 Å². The van der Waals surface area contributed by atoms with Gasteiger partial charge in [-0.25, -0.2) is 0 Å². The molecule has 0 heterocycles. The van der Waals surface area contributed by atoms with Gasteiger partial charge in [0.25, 0.3) is 0 Å². The van der Waals surface area contributed by atoms with Gasteiger partial charge in [-0.2, -0.15) is 0 Å². The minimum atomic E-state index is 1.18. The van der Waals surface area contributed by atoms with Gasteiger partial charge in [0.15, 0.2) is 0 Å². The molecule has 0 aliphatic rings. The number of ether oxygens (including phenoxy) is 1. The number of hydrogen-bond acceptors (Lipinski definition) is 1. The first-order valence-electron chi connectivity index (χ1n) is 11.2. The summed E-state index contributed by atoms with van der Waals surface area (Å²) >= 11 is 0. The molecule has 25 heavy (non-hydrogen) atoms. The van der Waals surface area contributed by atoms with Gasteiger partial charge in [-0.05, 0) is 50.7 Å². The number of rotatable bonds is 18. The van der Waals surface area contributed by atoms with Crippen molar-refractivity contribution >= 4 is 0 Å². The van der Waals surface area contributed by atoms with Gasteiger partial charge in [-0.3, -0.25) is 0 Å². The Hall–Kier alpha value is -0.720. The van der Waals surface area contributed by atoms with E-state index in [4.69, 9.17) is 4.74 Å². The van der Waals surface area contributed by atoms with Crippen molar-refractivity contribution in [3.63, 3.8) is 0 Å². The molecule has 0 saturated heterocycles. The Bertz CT molecular complexity index is 295. The van der Waals surface area contributed by atoms with E-state index in [1.54, 1.807) is 0 Å². The Morgan fingerprint density at radius 2 is 0.840 bits per heavy atom. The molecular formula is C24H46O. The van der Waals surface area contributed by atoms with Crippen molar-refractivity contribution in [1.29, 1.82) is 0 Å². The van der Waals surface area contributed by atoms with Crippen molar-refractivity contribution in [2.75, 3.05) is 0 Å². The first-order valence-corrected chi connectivity index (χ1v) is 11.2. The lowest BCUT2D eigenvalue weighted by Crippen LogP contribution is -1.85. The molecule has 0 aromatic heterocycles. The molecule has 1 nitrogen and oxygen atoms in total. The summed E-state index contributed by atoms with van der Waals surface area (Å²) in [7, 11) is 0. The Balaban J connectivity index is 3.55. The largest absolute Gasteiger partial charge is 0.473 e. The van der Waals surface area contributed by atoms with Crippen LogP contribution in [0, 0.1) is 0 Å². The van der Waals surface area contributed by atoms with E-state index in [1.807, 2.05) is 12.5 Å². The van der Waals surface area contributed by atoms with Crippen molar-refractivity contribution in [3.8, 4) is 0 Å². The number of unbranched alkanes of at least 4 members (excludes halogenated alkanes) is 12. The van der Waals surface area contributed by atoms with Gasteiger partial charge in [0.05, 0.1) is 12.5 Å². The van der Waals surface area contributed by atoms with Gasteiger partial charge >= 0.3 is 0 Å². The molecular weight excluding hydrogens is 304 g/mol. The van der Waals surface area contributed by atoms with Crippen LogP contribution in [0.25, 0.3) is 0 Å². The van der Waals surface area contributed by atoms with E-state index in [-0.39, 0.29) is 0 Å². The summed E-state index contributed by atoms with van der Waals surface area (Å²) in [6.45, 7) is 8.94. The monoisotopic (exact) mass is 350 g/mol. The predicted molar refractivity (Wildman–Crippen MR) is 114 cm³/mol. The summed E-state index contributed by atoms with van der Waals surface area (Å²) in [5.74, 6) is 0. The van der Waals surface area contributed by atoms with E-state index in [0.29, 0.717) is 0 Å². The van der Waals surface area contributed by atoms with Gasteiger partial charge in [0, 0.05) is 0 Å². The molecule has 1 heteroatoms. The summed E-state index contributed by atoms with van der Waals surface area (Å²) in [4.78, 5) is 0. The maximum Gasteiger partial charge on any atom is 0.0890 e. The molecule has 0 unspecified atom stereocenters. The van der Waals surface area contributed by atoms with E-state index in [9.17, 15) is 0 Å². The molecule has 0 bridgehead atoms. The molecule has 0 aliphatic heterocycles. The fraction of sp³-hybridized carbons (Fsp3) is 0.833. The zero-order chi connectivity index (χ0) is 18.6. The third-order valence-electron chi connectivity index (χ3n) is 4.89. The van der Waals surface area contributed by atoms with Crippen molar-refractivity contribution in [2.24, 2.45) is 0 Å². The summed E-state index contributed by atoms with van der Waals surface area (Å²) in [6, 6.07) is 0. The van der Waals surface area contributed by atoms with E-state index >= 15 is 0 Å². The Morgan fingerprint density at radius 1 is 0.520 bits per heavy atom. The maximum absolute atomic E-state index is 5.65. The van der Waals surface area contributed by atoms with Crippen LogP contribution in [0.15, 0.2) is 23.7 Å². The summed E-state index contributed by atoms with van der Waals surface area (Å²) in [5, 5.41) is 0. The molecule has 0 amide bonds. The molecule has 0 aliphatic carbocycles. The average Bonchev–Trinajstić information content (AvgIpc) is 2.60. The topological polar surface area (TPSA) is 9.23 Å². The Kier molecular flexibility index (Phi) is 19.0. The minimum Gasteiger partial charge on any atom is -0.473 e. The third kappa shape index (κ3) is 19.5. The van der Waals surface area contributed by atoms with Gasteiger partial charge in [-0.15, -0.1) is 0 Å². The summed E-state index contributed by atoms with van der Waals surface area (Å²) in [6.07, 6.45) is 25.5. The number of allylic oxidation sites excluding steroid dienone is 2. The smallest absolute Gasteiger partial charge is 0.0890 e. The zero-order valence-corrected chi connectivity index (χ0v) is 17.9. The summed E-state index contributed by atoms with van der Waals surface area (Å²) in [5.41, 5.74) is 2.74. The van der Waals surface area contributed by atoms with Crippen LogP contribution in [0.3, 0.4) is 0 Å². The van der Waals surface area contributed by atoms with Crippen LogP contribution in [-0.2, 0) is 4.74 Å². The van der Waals surface area contributed by atoms with Crippen LogP contribution in [0.1, 0.15) is 130 Å². The Labute approximate surface area is 159 Å².